The van der Waals surface area contributed by atoms with Crippen molar-refractivity contribution in [2.75, 3.05) is 6.61 Å². The Morgan fingerprint density at radius 3 is 2.80 bits per heavy atom. The number of hydrogen-bond acceptors (Lipinski definition) is 2. The molecule has 0 unspecified atom stereocenters. The molecule has 0 amide bonds. The van der Waals surface area contributed by atoms with Crippen molar-refractivity contribution in [2.45, 2.75) is 25.7 Å². The molecule has 0 atom stereocenters. The molecule has 0 aromatic heterocycles. The highest BCUT2D eigenvalue weighted by Gasteiger charge is 2.27. The van der Waals surface area contributed by atoms with Gasteiger partial charge in [0.25, 0.3) is 0 Å². The molecule has 0 spiro atoms. The molecule has 1 aliphatic carbocycles. The topological polar surface area (TPSA) is 46.5 Å². The fraction of sp³-hybridized carbons (Fsp3) is 0.417. The van der Waals surface area contributed by atoms with Crippen LogP contribution >= 0.6 is 0 Å². The maximum absolute atomic E-state index is 10.8. The van der Waals surface area contributed by atoms with Gasteiger partial charge in [0.05, 0.1) is 12.2 Å². The normalized spacial score (nSPS) is 15.0. The average Bonchev–Trinajstić information content (AvgIpc) is 3.02. The average molecular weight is 206 g/mol. The second-order valence-electron chi connectivity index (χ2n) is 3.77. The third-order valence-corrected chi connectivity index (χ3v) is 2.57. The van der Waals surface area contributed by atoms with Gasteiger partial charge >= 0.3 is 5.97 Å². The first-order valence-electron chi connectivity index (χ1n) is 5.22. The second kappa shape index (κ2) is 3.93. The molecule has 0 saturated heterocycles. The predicted molar refractivity (Wildman–Crippen MR) is 56.5 cm³/mol. The Labute approximate surface area is 88.7 Å². The molecule has 1 N–H and O–H groups in total. The smallest absolute Gasteiger partial charge is 0.335 e. The van der Waals surface area contributed by atoms with Crippen LogP contribution in [-0.4, -0.2) is 17.7 Å². The van der Waals surface area contributed by atoms with E-state index in [-0.39, 0.29) is 0 Å². The summed E-state index contributed by atoms with van der Waals surface area (Å²) in [4.78, 5) is 10.8. The summed E-state index contributed by atoms with van der Waals surface area (Å²) in [6.45, 7) is 2.55. The van der Waals surface area contributed by atoms with E-state index in [1.165, 1.54) is 0 Å². The van der Waals surface area contributed by atoms with Crippen LogP contribution < -0.4 is 4.74 Å². The van der Waals surface area contributed by atoms with Crippen LogP contribution in [0.5, 0.6) is 5.75 Å². The van der Waals surface area contributed by atoms with Gasteiger partial charge in [0.15, 0.2) is 0 Å². The number of rotatable bonds is 4. The Morgan fingerprint density at radius 2 is 2.27 bits per heavy atom. The molecule has 1 aliphatic rings. The van der Waals surface area contributed by atoms with Gasteiger partial charge < -0.3 is 9.84 Å². The summed E-state index contributed by atoms with van der Waals surface area (Å²) in [5.41, 5.74) is 1.40. The van der Waals surface area contributed by atoms with Crippen LogP contribution in [0.25, 0.3) is 0 Å². The number of benzene rings is 1. The van der Waals surface area contributed by atoms with Gasteiger partial charge in [-0.1, -0.05) is 0 Å². The highest BCUT2D eigenvalue weighted by atomic mass is 16.5. The maximum atomic E-state index is 10.8. The van der Waals surface area contributed by atoms with Crippen LogP contribution in [-0.2, 0) is 0 Å². The van der Waals surface area contributed by atoms with Crippen molar-refractivity contribution >= 4 is 5.97 Å². The SMILES string of the molecule is CCOc1ccc(C(=O)O)cc1C1CC1. The van der Waals surface area contributed by atoms with Crippen LogP contribution in [0.1, 0.15) is 41.6 Å². The lowest BCUT2D eigenvalue weighted by molar-refractivity contribution is 0.0696. The summed E-state index contributed by atoms with van der Waals surface area (Å²) < 4.78 is 5.48. The van der Waals surface area contributed by atoms with Gasteiger partial charge in [-0.15, -0.1) is 0 Å². The Kier molecular flexibility index (Phi) is 2.62. The third-order valence-electron chi connectivity index (χ3n) is 2.57. The lowest BCUT2D eigenvalue weighted by Gasteiger charge is -2.09. The van der Waals surface area contributed by atoms with E-state index >= 15 is 0 Å². The molecule has 1 aromatic carbocycles. The van der Waals surface area contributed by atoms with Crippen molar-refractivity contribution in [3.05, 3.63) is 29.3 Å². The largest absolute Gasteiger partial charge is 0.494 e. The predicted octanol–water partition coefficient (Wildman–Crippen LogP) is 2.66. The van der Waals surface area contributed by atoms with E-state index in [0.717, 1.165) is 24.2 Å². The highest BCUT2D eigenvalue weighted by Crippen LogP contribution is 2.44. The molecule has 0 aliphatic heterocycles. The van der Waals surface area contributed by atoms with Crippen molar-refractivity contribution < 1.29 is 14.6 Å². The molecule has 0 bridgehead atoms. The first kappa shape index (κ1) is 10.0. The van der Waals surface area contributed by atoms with Gasteiger partial charge in [-0.3, -0.25) is 0 Å². The zero-order valence-electron chi connectivity index (χ0n) is 8.69. The lowest BCUT2D eigenvalue weighted by atomic mass is 10.1. The summed E-state index contributed by atoms with van der Waals surface area (Å²) in [6, 6.07) is 5.10. The van der Waals surface area contributed by atoms with E-state index in [1.54, 1.807) is 18.2 Å². The lowest BCUT2D eigenvalue weighted by Crippen LogP contribution is -2.00. The number of ether oxygens (including phenoxy) is 1. The van der Waals surface area contributed by atoms with Gasteiger partial charge in [-0.05, 0) is 49.4 Å². The summed E-state index contributed by atoms with van der Waals surface area (Å²) in [5.74, 6) is 0.468. The van der Waals surface area contributed by atoms with E-state index in [9.17, 15) is 4.79 Å². The summed E-state index contributed by atoms with van der Waals surface area (Å²) in [5, 5.41) is 8.89. The van der Waals surface area contributed by atoms with Gasteiger partial charge in [0.1, 0.15) is 5.75 Å². The van der Waals surface area contributed by atoms with Gasteiger partial charge in [-0.25, -0.2) is 4.79 Å². The Bertz CT molecular complexity index is 380. The molecule has 1 aromatic rings. The molecule has 0 heterocycles. The fourth-order valence-electron chi connectivity index (χ4n) is 1.68. The van der Waals surface area contributed by atoms with E-state index < -0.39 is 5.97 Å². The Balaban J connectivity index is 2.35. The van der Waals surface area contributed by atoms with Crippen LogP contribution in [0.4, 0.5) is 0 Å². The quantitative estimate of drug-likeness (QED) is 0.823. The van der Waals surface area contributed by atoms with Gasteiger partial charge in [-0.2, -0.15) is 0 Å². The second-order valence-corrected chi connectivity index (χ2v) is 3.77. The van der Waals surface area contributed by atoms with E-state index in [4.69, 9.17) is 9.84 Å². The van der Waals surface area contributed by atoms with Crippen LogP contribution in [0.3, 0.4) is 0 Å². The third kappa shape index (κ3) is 2.12. The van der Waals surface area contributed by atoms with E-state index in [2.05, 4.69) is 0 Å². The zero-order chi connectivity index (χ0) is 10.8. The minimum atomic E-state index is -0.875. The molecule has 1 fully saturated rings. The van der Waals surface area contributed by atoms with E-state index in [0.29, 0.717) is 18.1 Å². The number of aromatic carboxylic acids is 1. The summed E-state index contributed by atoms with van der Waals surface area (Å²) >= 11 is 0. The van der Waals surface area contributed by atoms with Crippen molar-refractivity contribution in [1.29, 1.82) is 0 Å². The fourth-order valence-corrected chi connectivity index (χ4v) is 1.68. The highest BCUT2D eigenvalue weighted by molar-refractivity contribution is 5.88. The number of carbonyl (C=O) groups is 1. The van der Waals surface area contributed by atoms with Crippen LogP contribution in [0, 0.1) is 0 Å². The molecule has 0 radical (unpaired) electrons. The van der Waals surface area contributed by atoms with Crippen molar-refractivity contribution in [1.82, 2.24) is 0 Å². The monoisotopic (exact) mass is 206 g/mol. The summed E-state index contributed by atoms with van der Waals surface area (Å²) in [6.07, 6.45) is 2.28. The van der Waals surface area contributed by atoms with Gasteiger partial charge in [0, 0.05) is 0 Å². The molecule has 3 heteroatoms. The van der Waals surface area contributed by atoms with Crippen molar-refractivity contribution in [3.8, 4) is 5.75 Å². The minimum Gasteiger partial charge on any atom is -0.494 e. The molecule has 80 valence electrons. The first-order valence-corrected chi connectivity index (χ1v) is 5.22. The molecule has 15 heavy (non-hydrogen) atoms. The standard InChI is InChI=1S/C12H14O3/c1-2-15-11-6-5-9(12(13)14)7-10(11)8-3-4-8/h5-8H,2-4H2,1H3,(H,13,14). The molecular formula is C12H14O3. The van der Waals surface area contributed by atoms with Gasteiger partial charge in [0.2, 0.25) is 0 Å². The first-order chi connectivity index (χ1) is 7.22. The van der Waals surface area contributed by atoms with Crippen LogP contribution in [0.15, 0.2) is 18.2 Å². The van der Waals surface area contributed by atoms with E-state index in [1.807, 2.05) is 6.92 Å². The van der Waals surface area contributed by atoms with Crippen molar-refractivity contribution in [3.63, 3.8) is 0 Å². The van der Waals surface area contributed by atoms with Crippen LogP contribution in [0.2, 0.25) is 0 Å². The zero-order valence-corrected chi connectivity index (χ0v) is 8.69. The maximum Gasteiger partial charge on any atom is 0.335 e. The molecule has 3 nitrogen and oxygen atoms in total. The minimum absolute atomic E-state index is 0.348. The molecule has 1 saturated carbocycles. The van der Waals surface area contributed by atoms with Crippen molar-refractivity contribution in [2.24, 2.45) is 0 Å². The Morgan fingerprint density at radius 1 is 1.53 bits per heavy atom. The number of hydrogen-bond donors (Lipinski definition) is 1. The molecular weight excluding hydrogens is 192 g/mol. The number of carboxylic acids is 1. The Hall–Kier alpha value is -1.51. The number of carboxylic acid groups (broad SMARTS) is 1. The molecule has 2 rings (SSSR count). The summed E-state index contributed by atoms with van der Waals surface area (Å²) in [7, 11) is 0.